The fourth-order valence-corrected chi connectivity index (χ4v) is 3.03. The molecule has 1 aromatic heterocycles. The maximum absolute atomic E-state index is 13.7. The van der Waals surface area contributed by atoms with Crippen LogP contribution >= 0.6 is 0 Å². The highest BCUT2D eigenvalue weighted by Gasteiger charge is 2.24. The fourth-order valence-electron chi connectivity index (χ4n) is 3.03. The number of amides is 2. The number of nitrogens with zero attached hydrogens (tertiary/aromatic N) is 1. The average molecular weight is 455 g/mol. The van der Waals surface area contributed by atoms with E-state index < -0.39 is 29.5 Å². The van der Waals surface area contributed by atoms with Gasteiger partial charge in [-0.25, -0.2) is 8.78 Å². The predicted molar refractivity (Wildman–Crippen MR) is 117 cm³/mol. The van der Waals surface area contributed by atoms with Gasteiger partial charge in [-0.05, 0) is 60.5 Å². The number of hydrogen-bond donors (Lipinski definition) is 2. The Bertz CT molecular complexity index is 1130. The number of nitrogens with one attached hydrogen (secondary N) is 2. The van der Waals surface area contributed by atoms with Gasteiger partial charge in [0, 0.05) is 25.0 Å². The zero-order chi connectivity index (χ0) is 23.8. The Balaban J connectivity index is 1.81. The van der Waals surface area contributed by atoms with Crippen molar-refractivity contribution in [1.82, 2.24) is 15.6 Å². The SMILES string of the molecule is CCOc1cc(C(=O)NC(C(=O)NC)c2ccc(F)c(F)c2)ccc1OCc1ccncc1. The van der Waals surface area contributed by atoms with Gasteiger partial charge < -0.3 is 20.1 Å². The minimum atomic E-state index is -1.23. The fraction of sp³-hybridized carbons (Fsp3) is 0.208. The molecule has 0 spiro atoms. The number of aromatic nitrogens is 1. The van der Waals surface area contributed by atoms with Crippen molar-refractivity contribution in [2.45, 2.75) is 19.6 Å². The molecule has 172 valence electrons. The van der Waals surface area contributed by atoms with Crippen LogP contribution in [-0.2, 0) is 11.4 Å². The maximum Gasteiger partial charge on any atom is 0.252 e. The highest BCUT2D eigenvalue weighted by atomic mass is 19.2. The summed E-state index contributed by atoms with van der Waals surface area (Å²) in [5.74, 6) is -2.57. The normalized spacial score (nSPS) is 11.4. The molecule has 0 saturated carbocycles. The molecular weight excluding hydrogens is 432 g/mol. The smallest absolute Gasteiger partial charge is 0.252 e. The summed E-state index contributed by atoms with van der Waals surface area (Å²) in [6.07, 6.45) is 3.32. The molecule has 3 rings (SSSR count). The predicted octanol–water partition coefficient (Wildman–Crippen LogP) is 3.55. The topological polar surface area (TPSA) is 89.5 Å². The first-order chi connectivity index (χ1) is 15.9. The van der Waals surface area contributed by atoms with E-state index in [4.69, 9.17) is 9.47 Å². The Morgan fingerprint density at radius 1 is 0.970 bits per heavy atom. The molecule has 0 aliphatic carbocycles. The van der Waals surface area contributed by atoms with Crippen LogP contribution in [0.25, 0.3) is 0 Å². The first-order valence-electron chi connectivity index (χ1n) is 10.2. The minimum absolute atomic E-state index is 0.101. The molecule has 1 unspecified atom stereocenters. The first kappa shape index (κ1) is 23.6. The molecule has 2 amide bonds. The Labute approximate surface area is 189 Å². The van der Waals surface area contributed by atoms with Gasteiger partial charge in [-0.15, -0.1) is 0 Å². The van der Waals surface area contributed by atoms with Gasteiger partial charge >= 0.3 is 0 Å². The number of rotatable bonds is 9. The molecule has 0 aliphatic rings. The Morgan fingerprint density at radius 3 is 2.39 bits per heavy atom. The van der Waals surface area contributed by atoms with E-state index in [0.717, 1.165) is 17.7 Å². The van der Waals surface area contributed by atoms with Crippen molar-refractivity contribution < 1.29 is 27.8 Å². The van der Waals surface area contributed by atoms with Crippen molar-refractivity contribution in [3.05, 3.63) is 89.2 Å². The number of halogens is 2. The molecule has 0 bridgehead atoms. The third-order valence-corrected chi connectivity index (χ3v) is 4.71. The largest absolute Gasteiger partial charge is 0.490 e. The molecule has 3 aromatic rings. The van der Waals surface area contributed by atoms with E-state index in [1.807, 2.05) is 12.1 Å². The monoisotopic (exact) mass is 455 g/mol. The second-order valence-electron chi connectivity index (χ2n) is 6.93. The lowest BCUT2D eigenvalue weighted by atomic mass is 10.0. The number of ether oxygens (including phenoxy) is 2. The van der Waals surface area contributed by atoms with Crippen LogP contribution < -0.4 is 20.1 Å². The zero-order valence-corrected chi connectivity index (χ0v) is 18.1. The summed E-state index contributed by atoms with van der Waals surface area (Å²) in [5, 5.41) is 4.96. The van der Waals surface area contributed by atoms with Crippen molar-refractivity contribution >= 4 is 11.8 Å². The number of hydrogen-bond acceptors (Lipinski definition) is 5. The summed E-state index contributed by atoms with van der Waals surface area (Å²) >= 11 is 0. The molecule has 2 N–H and O–H groups in total. The van der Waals surface area contributed by atoms with Crippen molar-refractivity contribution in [3.8, 4) is 11.5 Å². The Morgan fingerprint density at radius 2 is 1.73 bits per heavy atom. The molecule has 1 heterocycles. The van der Waals surface area contributed by atoms with E-state index in [-0.39, 0.29) is 17.7 Å². The van der Waals surface area contributed by atoms with Crippen molar-refractivity contribution in [2.75, 3.05) is 13.7 Å². The van der Waals surface area contributed by atoms with Crippen LogP contribution in [0.1, 0.15) is 34.5 Å². The van der Waals surface area contributed by atoms with E-state index in [9.17, 15) is 18.4 Å². The second-order valence-corrected chi connectivity index (χ2v) is 6.93. The second kappa shape index (κ2) is 11.0. The molecule has 0 aliphatic heterocycles. The quantitative estimate of drug-likeness (QED) is 0.515. The Kier molecular flexibility index (Phi) is 7.91. The molecule has 9 heteroatoms. The molecule has 0 radical (unpaired) electrons. The van der Waals surface area contributed by atoms with Gasteiger partial charge in [0.2, 0.25) is 5.91 Å². The third-order valence-electron chi connectivity index (χ3n) is 4.71. The van der Waals surface area contributed by atoms with Gasteiger partial charge in [0.25, 0.3) is 5.91 Å². The molecule has 33 heavy (non-hydrogen) atoms. The first-order valence-corrected chi connectivity index (χ1v) is 10.2. The van der Waals surface area contributed by atoms with Gasteiger partial charge in [0.1, 0.15) is 12.6 Å². The van der Waals surface area contributed by atoms with E-state index in [1.54, 1.807) is 25.4 Å². The number of benzene rings is 2. The van der Waals surface area contributed by atoms with Gasteiger partial charge in [-0.2, -0.15) is 0 Å². The van der Waals surface area contributed by atoms with Crippen molar-refractivity contribution in [2.24, 2.45) is 0 Å². The molecular formula is C24H23F2N3O4. The van der Waals surface area contributed by atoms with E-state index in [1.165, 1.54) is 25.2 Å². The van der Waals surface area contributed by atoms with Crippen LogP contribution in [0.5, 0.6) is 11.5 Å². The van der Waals surface area contributed by atoms with Crippen LogP contribution in [-0.4, -0.2) is 30.5 Å². The van der Waals surface area contributed by atoms with Crippen LogP contribution in [0.15, 0.2) is 60.9 Å². The van der Waals surface area contributed by atoms with Crippen LogP contribution in [0.3, 0.4) is 0 Å². The Hall–Kier alpha value is -4.01. The van der Waals surface area contributed by atoms with Gasteiger partial charge in [0.15, 0.2) is 23.1 Å². The lowest BCUT2D eigenvalue weighted by Gasteiger charge is -2.19. The summed E-state index contributed by atoms with van der Waals surface area (Å²) < 4.78 is 38.4. The number of carbonyl (C=O) groups excluding carboxylic acids is 2. The highest BCUT2D eigenvalue weighted by Crippen LogP contribution is 2.29. The van der Waals surface area contributed by atoms with Gasteiger partial charge in [-0.1, -0.05) is 6.07 Å². The highest BCUT2D eigenvalue weighted by molar-refractivity contribution is 5.98. The third kappa shape index (κ3) is 6.03. The number of pyridine rings is 1. The van der Waals surface area contributed by atoms with Crippen LogP contribution in [0.4, 0.5) is 8.78 Å². The number of carbonyl (C=O) groups is 2. The standard InChI is InChI=1S/C24H23F2N3O4/c1-3-32-21-13-17(5-7-20(21)33-14-15-8-10-28-11-9-15)23(30)29-22(24(31)27-2)16-4-6-18(25)19(26)12-16/h4-13,22H,3,14H2,1-2H3,(H,27,31)(H,29,30). The molecule has 2 aromatic carbocycles. The minimum Gasteiger partial charge on any atom is -0.490 e. The summed E-state index contributed by atoms with van der Waals surface area (Å²) in [6, 6.07) is 10.0. The molecule has 7 nitrogen and oxygen atoms in total. The lowest BCUT2D eigenvalue weighted by molar-refractivity contribution is -0.122. The summed E-state index contributed by atoms with van der Waals surface area (Å²) in [6.45, 7) is 2.42. The summed E-state index contributed by atoms with van der Waals surface area (Å²) in [5.41, 5.74) is 1.21. The van der Waals surface area contributed by atoms with Gasteiger partial charge in [0.05, 0.1) is 6.61 Å². The maximum atomic E-state index is 13.7. The zero-order valence-electron chi connectivity index (χ0n) is 18.1. The van der Waals surface area contributed by atoms with E-state index in [2.05, 4.69) is 15.6 Å². The molecule has 1 atom stereocenters. The van der Waals surface area contributed by atoms with E-state index >= 15 is 0 Å². The van der Waals surface area contributed by atoms with Crippen LogP contribution in [0, 0.1) is 11.6 Å². The molecule has 0 fully saturated rings. The van der Waals surface area contributed by atoms with Crippen LogP contribution in [0.2, 0.25) is 0 Å². The van der Waals surface area contributed by atoms with E-state index in [0.29, 0.717) is 18.1 Å². The van der Waals surface area contributed by atoms with Crippen molar-refractivity contribution in [1.29, 1.82) is 0 Å². The van der Waals surface area contributed by atoms with Crippen molar-refractivity contribution in [3.63, 3.8) is 0 Å². The summed E-state index contributed by atoms with van der Waals surface area (Å²) in [7, 11) is 1.38. The molecule has 0 saturated heterocycles. The van der Waals surface area contributed by atoms with Gasteiger partial charge in [-0.3, -0.25) is 14.6 Å². The number of likely N-dealkylation sites (N-methyl/N-ethyl adjacent to an activating group) is 1. The summed E-state index contributed by atoms with van der Waals surface area (Å²) in [4.78, 5) is 29.2. The lowest BCUT2D eigenvalue weighted by Crippen LogP contribution is -2.39. The average Bonchev–Trinajstić information content (AvgIpc) is 2.83.